The summed E-state index contributed by atoms with van der Waals surface area (Å²) < 4.78 is 18.1. The number of para-hydroxylation sites is 1. The highest BCUT2D eigenvalue weighted by Gasteiger charge is 2.21. The lowest BCUT2D eigenvalue weighted by Gasteiger charge is -2.34. The molecule has 9 heteroatoms. The smallest absolute Gasteiger partial charge is 0.219 e. The SMILES string of the molecule is CC(=O)N1CCN(c2ccc(-n3nc(-c4cc(F)cc5nn(C)cc45)c4cccc(C)c43)cn2)CC1. The van der Waals surface area contributed by atoms with Crippen molar-refractivity contribution < 1.29 is 9.18 Å². The third-order valence-corrected chi connectivity index (χ3v) is 6.89. The molecule has 3 aromatic heterocycles. The molecule has 0 aliphatic carbocycles. The van der Waals surface area contributed by atoms with Gasteiger partial charge in [0.1, 0.15) is 17.3 Å². The normalized spacial score (nSPS) is 14.2. The minimum absolute atomic E-state index is 0.108. The van der Waals surface area contributed by atoms with E-state index in [2.05, 4.69) is 10.00 Å². The van der Waals surface area contributed by atoms with Crippen LogP contribution in [0, 0.1) is 12.7 Å². The molecule has 2 aromatic carbocycles. The molecule has 182 valence electrons. The minimum Gasteiger partial charge on any atom is -0.353 e. The van der Waals surface area contributed by atoms with E-state index in [1.807, 2.05) is 66.3 Å². The summed E-state index contributed by atoms with van der Waals surface area (Å²) in [6.45, 7) is 6.55. The van der Waals surface area contributed by atoms with Gasteiger partial charge in [0.2, 0.25) is 5.91 Å². The van der Waals surface area contributed by atoms with Crippen LogP contribution in [0.5, 0.6) is 0 Å². The molecule has 0 saturated carbocycles. The first-order valence-electron chi connectivity index (χ1n) is 12.0. The number of amides is 1. The number of hydrogen-bond acceptors (Lipinski definition) is 5. The van der Waals surface area contributed by atoms with E-state index >= 15 is 0 Å². The average molecular weight is 484 g/mol. The van der Waals surface area contributed by atoms with Gasteiger partial charge in [0.25, 0.3) is 0 Å². The van der Waals surface area contributed by atoms with Gasteiger partial charge < -0.3 is 9.80 Å². The van der Waals surface area contributed by atoms with Crippen LogP contribution < -0.4 is 4.90 Å². The van der Waals surface area contributed by atoms with Gasteiger partial charge in [0.05, 0.1) is 22.9 Å². The van der Waals surface area contributed by atoms with Crippen LogP contribution in [0.2, 0.25) is 0 Å². The summed E-state index contributed by atoms with van der Waals surface area (Å²) in [6.07, 6.45) is 3.72. The number of halogens is 1. The third kappa shape index (κ3) is 3.67. The van der Waals surface area contributed by atoms with Crippen molar-refractivity contribution in [3.63, 3.8) is 0 Å². The number of rotatable bonds is 3. The Balaban J connectivity index is 1.43. The fourth-order valence-electron chi connectivity index (χ4n) is 5.07. The Morgan fingerprint density at radius 3 is 2.53 bits per heavy atom. The number of piperazine rings is 1. The summed E-state index contributed by atoms with van der Waals surface area (Å²) in [5.41, 5.74) is 4.85. The van der Waals surface area contributed by atoms with Crippen LogP contribution in [0.4, 0.5) is 10.2 Å². The molecule has 4 heterocycles. The number of carbonyl (C=O) groups excluding carboxylic acids is 1. The lowest BCUT2D eigenvalue weighted by Crippen LogP contribution is -2.48. The molecule has 36 heavy (non-hydrogen) atoms. The van der Waals surface area contributed by atoms with Crippen molar-refractivity contribution in [3.05, 3.63) is 66.2 Å². The van der Waals surface area contributed by atoms with Crippen molar-refractivity contribution in [3.8, 4) is 16.9 Å². The fourth-order valence-corrected chi connectivity index (χ4v) is 5.07. The van der Waals surface area contributed by atoms with Crippen LogP contribution in [0.25, 0.3) is 38.8 Å². The molecule has 0 radical (unpaired) electrons. The van der Waals surface area contributed by atoms with E-state index in [-0.39, 0.29) is 11.7 Å². The molecule has 6 rings (SSSR count). The van der Waals surface area contributed by atoms with E-state index in [1.165, 1.54) is 12.1 Å². The number of hydrogen-bond donors (Lipinski definition) is 0. The fraction of sp³-hybridized carbons (Fsp3) is 0.259. The van der Waals surface area contributed by atoms with Gasteiger partial charge >= 0.3 is 0 Å². The highest BCUT2D eigenvalue weighted by molar-refractivity contribution is 6.03. The molecule has 0 spiro atoms. The van der Waals surface area contributed by atoms with Crippen LogP contribution >= 0.6 is 0 Å². The van der Waals surface area contributed by atoms with Gasteiger partial charge in [-0.2, -0.15) is 10.2 Å². The Morgan fingerprint density at radius 1 is 1.00 bits per heavy atom. The van der Waals surface area contributed by atoms with Crippen LogP contribution in [-0.4, -0.2) is 61.5 Å². The van der Waals surface area contributed by atoms with Gasteiger partial charge in [0.15, 0.2) is 0 Å². The van der Waals surface area contributed by atoms with Crippen molar-refractivity contribution in [2.75, 3.05) is 31.1 Å². The second kappa shape index (κ2) is 8.44. The Kier molecular flexibility index (Phi) is 5.21. The van der Waals surface area contributed by atoms with E-state index in [0.29, 0.717) is 29.9 Å². The number of anilines is 1. The number of fused-ring (bicyclic) bond motifs is 2. The summed E-state index contributed by atoms with van der Waals surface area (Å²) in [7, 11) is 1.83. The van der Waals surface area contributed by atoms with E-state index in [4.69, 9.17) is 10.1 Å². The van der Waals surface area contributed by atoms with E-state index in [1.54, 1.807) is 11.6 Å². The zero-order chi connectivity index (χ0) is 25.0. The lowest BCUT2D eigenvalue weighted by molar-refractivity contribution is -0.129. The summed E-state index contributed by atoms with van der Waals surface area (Å²) >= 11 is 0. The summed E-state index contributed by atoms with van der Waals surface area (Å²) in [5.74, 6) is 0.636. The largest absolute Gasteiger partial charge is 0.353 e. The summed E-state index contributed by atoms with van der Waals surface area (Å²) in [6, 6.07) is 13.0. The van der Waals surface area contributed by atoms with Crippen LogP contribution in [0.3, 0.4) is 0 Å². The van der Waals surface area contributed by atoms with Crippen molar-refractivity contribution in [2.24, 2.45) is 7.05 Å². The zero-order valence-corrected chi connectivity index (χ0v) is 20.4. The number of pyridine rings is 1. The van der Waals surface area contributed by atoms with Crippen LogP contribution in [0.15, 0.2) is 54.9 Å². The Hall–Kier alpha value is -4.27. The number of nitrogens with zero attached hydrogens (tertiary/aromatic N) is 7. The van der Waals surface area contributed by atoms with Gasteiger partial charge in [-0.05, 0) is 30.7 Å². The quantitative estimate of drug-likeness (QED) is 0.387. The second-order valence-corrected chi connectivity index (χ2v) is 9.29. The molecule has 1 fully saturated rings. The van der Waals surface area contributed by atoms with Crippen molar-refractivity contribution in [1.82, 2.24) is 29.4 Å². The minimum atomic E-state index is -0.345. The topological polar surface area (TPSA) is 72.1 Å². The summed E-state index contributed by atoms with van der Waals surface area (Å²) in [4.78, 5) is 20.4. The molecule has 0 unspecified atom stereocenters. The predicted octanol–water partition coefficient (Wildman–Crippen LogP) is 4.09. The van der Waals surface area contributed by atoms with E-state index in [0.717, 1.165) is 46.4 Å². The standard InChI is InChI=1S/C27H26FN7O/c1-17-5-4-6-21-26(22-13-19(28)14-24-23(22)16-32(3)30-24)31-35(27(17)21)20-7-8-25(29-15-20)34-11-9-33(10-12-34)18(2)36/h4-8,13-16H,9-12H2,1-3H3. The molecular weight excluding hydrogens is 457 g/mol. The molecule has 1 aliphatic heterocycles. The highest BCUT2D eigenvalue weighted by Crippen LogP contribution is 2.36. The average Bonchev–Trinajstić information content (AvgIpc) is 3.44. The van der Waals surface area contributed by atoms with Gasteiger partial charge in [0, 0.05) is 68.7 Å². The number of carbonyl (C=O) groups is 1. The maximum absolute atomic E-state index is 14.6. The maximum Gasteiger partial charge on any atom is 0.219 e. The number of aryl methyl sites for hydroxylation is 2. The van der Waals surface area contributed by atoms with E-state index < -0.39 is 0 Å². The monoisotopic (exact) mass is 483 g/mol. The molecule has 0 bridgehead atoms. The molecular formula is C27H26FN7O. The van der Waals surface area contributed by atoms with E-state index in [9.17, 15) is 9.18 Å². The van der Waals surface area contributed by atoms with Gasteiger partial charge in [-0.15, -0.1) is 0 Å². The molecule has 1 saturated heterocycles. The van der Waals surface area contributed by atoms with Gasteiger partial charge in [-0.1, -0.05) is 18.2 Å². The van der Waals surface area contributed by atoms with Gasteiger partial charge in [-0.25, -0.2) is 14.1 Å². The number of aromatic nitrogens is 5. The molecule has 1 amide bonds. The third-order valence-electron chi connectivity index (χ3n) is 6.89. The molecule has 5 aromatic rings. The highest BCUT2D eigenvalue weighted by atomic mass is 19.1. The van der Waals surface area contributed by atoms with Gasteiger partial charge in [-0.3, -0.25) is 9.48 Å². The molecule has 0 atom stereocenters. The lowest BCUT2D eigenvalue weighted by atomic mass is 10.0. The Bertz CT molecular complexity index is 1610. The van der Waals surface area contributed by atoms with Crippen molar-refractivity contribution in [1.29, 1.82) is 0 Å². The Labute approximate surface area is 207 Å². The first-order chi connectivity index (χ1) is 17.4. The van der Waals surface area contributed by atoms with Crippen molar-refractivity contribution in [2.45, 2.75) is 13.8 Å². The zero-order valence-electron chi connectivity index (χ0n) is 20.4. The first-order valence-corrected chi connectivity index (χ1v) is 12.0. The van der Waals surface area contributed by atoms with Crippen LogP contribution in [0.1, 0.15) is 12.5 Å². The maximum atomic E-state index is 14.6. The number of benzene rings is 2. The Morgan fingerprint density at radius 2 is 1.81 bits per heavy atom. The molecule has 8 nitrogen and oxygen atoms in total. The summed E-state index contributed by atoms with van der Waals surface area (Å²) in [5, 5.41) is 11.2. The van der Waals surface area contributed by atoms with Crippen LogP contribution in [-0.2, 0) is 11.8 Å². The first kappa shape index (κ1) is 22.2. The molecule has 0 N–H and O–H groups in total. The molecule has 1 aliphatic rings. The van der Waals surface area contributed by atoms with Crippen molar-refractivity contribution >= 4 is 33.5 Å². The second-order valence-electron chi connectivity index (χ2n) is 9.29. The predicted molar refractivity (Wildman–Crippen MR) is 138 cm³/mol.